The molecule has 4 heteroatoms. The molecule has 0 amide bonds. The first-order valence-corrected chi connectivity index (χ1v) is 21.2. The first-order valence-electron chi connectivity index (χ1n) is 15.4. The molecule has 0 fully saturated rings. The van der Waals surface area contributed by atoms with Gasteiger partial charge in [0.1, 0.15) is 0 Å². The van der Waals surface area contributed by atoms with Gasteiger partial charge in [-0.2, -0.15) is 0 Å². The Labute approximate surface area is 274 Å². The molecule has 2 atom stereocenters. The molecule has 2 aliphatic rings. The van der Waals surface area contributed by atoms with Crippen molar-refractivity contribution in [3.05, 3.63) is 106 Å². The van der Waals surface area contributed by atoms with Gasteiger partial charge in [-0.05, 0) is 0 Å². The van der Waals surface area contributed by atoms with Gasteiger partial charge in [0.25, 0.3) is 0 Å². The molecule has 0 saturated heterocycles. The van der Waals surface area contributed by atoms with Crippen molar-refractivity contribution in [3.63, 3.8) is 0 Å². The Kier molecular flexibility index (Phi) is 14.6. The molecule has 0 N–H and O–H groups in total. The van der Waals surface area contributed by atoms with Crippen LogP contribution in [-0.2, 0) is 22.9 Å². The van der Waals surface area contributed by atoms with Crippen molar-refractivity contribution in [3.8, 4) is 11.1 Å². The maximum Gasteiger partial charge on any atom is -1.00 e. The van der Waals surface area contributed by atoms with Gasteiger partial charge in [0.2, 0.25) is 0 Å². The standard InChI is InChI=1S/C21H32P.C16H13.2ClH.Hf/c1-3-5-7-11-15-22(16-12-8-6-4-2)21-17-19-13-9-10-14-20(19)18-21;1-12-10-14-8-5-9-15(16(14)11-12)13-6-3-2-4-7-13;;;/h9-10,13-14,17-18H,3-8,11-12,15-16H2,1-2H3;2-11H,1H3;2*1H;/q;;;;+2/p-2. The van der Waals surface area contributed by atoms with Gasteiger partial charge in [-0.1, -0.05) is 0 Å². The maximum absolute atomic E-state index is 2.69. The van der Waals surface area contributed by atoms with Gasteiger partial charge >= 0.3 is 252 Å². The van der Waals surface area contributed by atoms with Crippen LogP contribution in [0.3, 0.4) is 0 Å². The van der Waals surface area contributed by atoms with Gasteiger partial charge in [0, 0.05) is 0 Å². The minimum atomic E-state index is -1.14. The van der Waals surface area contributed by atoms with Gasteiger partial charge in [0.05, 0.1) is 0 Å². The number of rotatable bonds is 14. The van der Waals surface area contributed by atoms with Crippen molar-refractivity contribution < 1.29 is 47.7 Å². The number of allylic oxidation sites excluding steroid dienone is 2. The molecule has 0 saturated carbocycles. The Balaban J connectivity index is 0.00000231. The molecule has 41 heavy (non-hydrogen) atoms. The molecule has 3 aromatic rings. The molecule has 2 aliphatic carbocycles. The molecule has 0 aromatic heterocycles. The Morgan fingerprint density at radius 1 is 0.634 bits per heavy atom. The van der Waals surface area contributed by atoms with E-state index in [-0.39, 0.29) is 32.7 Å². The topological polar surface area (TPSA) is 0 Å². The van der Waals surface area contributed by atoms with Crippen LogP contribution in [0.1, 0.15) is 102 Å². The summed E-state index contributed by atoms with van der Waals surface area (Å²) < 4.78 is 1.45. The molecule has 0 aliphatic heterocycles. The predicted octanol–water partition coefficient (Wildman–Crippen LogP) is 5.64. The van der Waals surface area contributed by atoms with Crippen LogP contribution >= 0.6 is 7.92 Å². The van der Waals surface area contributed by atoms with Crippen LogP contribution in [0.4, 0.5) is 0 Å². The fourth-order valence-electron chi connectivity index (χ4n) is 6.39. The van der Waals surface area contributed by atoms with Crippen molar-refractivity contribution in [2.75, 3.05) is 12.3 Å². The van der Waals surface area contributed by atoms with Crippen molar-refractivity contribution in [1.29, 1.82) is 0 Å². The van der Waals surface area contributed by atoms with Crippen LogP contribution in [0.25, 0.3) is 23.3 Å². The summed E-state index contributed by atoms with van der Waals surface area (Å²) in [6.45, 7) is 7.10. The summed E-state index contributed by atoms with van der Waals surface area (Å²) in [6.07, 6.45) is 19.3. The molecule has 2 unspecified atom stereocenters. The Bertz CT molecular complexity index is 1290. The Morgan fingerprint density at radius 3 is 1.95 bits per heavy atom. The fraction of sp³-hybridized carbons (Fsp3) is 0.405. The maximum atomic E-state index is 2.69. The number of fused-ring (bicyclic) bond motifs is 2. The molecular weight excluding hydrogens is 725 g/mol. The van der Waals surface area contributed by atoms with Crippen LogP contribution in [-0.4, -0.2) is 12.3 Å². The van der Waals surface area contributed by atoms with Crippen molar-refractivity contribution >= 4 is 20.1 Å². The third-order valence-corrected chi connectivity index (χ3v) is 19.6. The molecule has 0 bridgehead atoms. The van der Waals surface area contributed by atoms with E-state index < -0.39 is 22.9 Å². The third-order valence-electron chi connectivity index (χ3n) is 8.53. The summed E-state index contributed by atoms with van der Waals surface area (Å²) in [6, 6.07) is 27.6. The second-order valence-corrected chi connectivity index (χ2v) is 19.2. The van der Waals surface area contributed by atoms with E-state index in [9.17, 15) is 0 Å². The normalized spacial score (nSPS) is 16.7. The average Bonchev–Trinajstić information content (AvgIpc) is 3.50. The molecule has 0 heterocycles. The monoisotopic (exact) mass is 770 g/mol. The van der Waals surface area contributed by atoms with Gasteiger partial charge in [-0.15, -0.1) is 0 Å². The van der Waals surface area contributed by atoms with Gasteiger partial charge in [-0.25, -0.2) is 0 Å². The van der Waals surface area contributed by atoms with E-state index in [1.807, 2.05) is 5.31 Å². The van der Waals surface area contributed by atoms with Crippen molar-refractivity contribution in [1.82, 2.24) is 0 Å². The van der Waals surface area contributed by atoms with E-state index in [0.717, 1.165) is 3.67 Å². The van der Waals surface area contributed by atoms with Crippen LogP contribution < -0.4 is 24.8 Å². The third kappa shape index (κ3) is 8.35. The quantitative estimate of drug-likeness (QED) is 0.113. The molecule has 0 spiro atoms. The van der Waals surface area contributed by atoms with Crippen LogP contribution in [0, 0.1) is 0 Å². The van der Waals surface area contributed by atoms with Gasteiger partial charge in [0.15, 0.2) is 0 Å². The van der Waals surface area contributed by atoms with Crippen LogP contribution in [0.5, 0.6) is 0 Å². The van der Waals surface area contributed by atoms with Gasteiger partial charge in [-0.3, -0.25) is 0 Å². The Morgan fingerprint density at radius 2 is 1.27 bits per heavy atom. The number of unbranched alkanes of at least 4 members (excludes halogenated alkanes) is 6. The van der Waals surface area contributed by atoms with Crippen LogP contribution in [0.15, 0.2) is 83.7 Å². The first-order chi connectivity index (χ1) is 19.2. The van der Waals surface area contributed by atoms with E-state index in [2.05, 4.69) is 106 Å². The van der Waals surface area contributed by atoms with E-state index in [4.69, 9.17) is 0 Å². The van der Waals surface area contributed by atoms with Gasteiger partial charge < -0.3 is 24.8 Å². The summed E-state index contributed by atoms with van der Waals surface area (Å²) in [5.74, 6) is 0. The SMILES string of the molecule is CCCCCCP(CCCCCC)C1=Cc2ccccc2[CH]1[Hf+2][CH]1C(C)=Cc2c(-c3ccccc3)cccc21.[Cl-].[Cl-]. The second-order valence-electron chi connectivity index (χ2n) is 11.4. The molecular formula is C37H45Cl2HfP. The van der Waals surface area contributed by atoms with E-state index in [1.165, 1.54) is 85.9 Å². The number of hydrogen-bond donors (Lipinski definition) is 0. The molecule has 0 radical (unpaired) electrons. The minimum Gasteiger partial charge on any atom is -1.00 e. The summed E-state index contributed by atoms with van der Waals surface area (Å²) in [4.78, 5) is 0. The van der Waals surface area contributed by atoms with Crippen molar-refractivity contribution in [2.24, 2.45) is 0 Å². The molecule has 3 aromatic carbocycles. The fourth-order valence-corrected chi connectivity index (χ4v) is 18.2. The zero-order valence-electron chi connectivity index (χ0n) is 25.0. The summed E-state index contributed by atoms with van der Waals surface area (Å²) >= 11 is -1.14. The van der Waals surface area contributed by atoms with E-state index in [0.29, 0.717) is 3.67 Å². The molecule has 5 rings (SSSR count). The summed E-state index contributed by atoms with van der Waals surface area (Å²) in [5, 5.41) is 1.89. The zero-order chi connectivity index (χ0) is 27.0. The van der Waals surface area contributed by atoms with Crippen LogP contribution in [0.2, 0.25) is 0 Å². The number of halogens is 2. The zero-order valence-corrected chi connectivity index (χ0v) is 31.0. The van der Waals surface area contributed by atoms with E-state index >= 15 is 0 Å². The number of hydrogen-bond acceptors (Lipinski definition) is 0. The predicted molar refractivity (Wildman–Crippen MR) is 170 cm³/mol. The van der Waals surface area contributed by atoms with Crippen molar-refractivity contribution in [2.45, 2.75) is 79.5 Å². The smallest absolute Gasteiger partial charge is 1.00 e. The molecule has 216 valence electrons. The summed E-state index contributed by atoms with van der Waals surface area (Å²) in [5.41, 5.74) is 10.7. The Hall–Kier alpha value is -0.980. The minimum absolute atomic E-state index is 0. The molecule has 0 nitrogen and oxygen atoms in total. The first kappa shape index (κ1) is 34.5. The largest absolute Gasteiger partial charge is 1.00 e. The van der Waals surface area contributed by atoms with E-state index in [1.54, 1.807) is 16.7 Å². The summed E-state index contributed by atoms with van der Waals surface area (Å²) in [7, 11) is -0.0345. The second kappa shape index (κ2) is 17.3. The average molecular weight is 770 g/mol. The number of benzene rings is 3.